The minimum atomic E-state index is -0.607. The molecule has 3 nitrogen and oxygen atoms in total. The van der Waals surface area contributed by atoms with Crippen LogP contribution in [0.3, 0.4) is 0 Å². The quantitative estimate of drug-likeness (QED) is 0.854. The molecule has 2 aromatic rings. The summed E-state index contributed by atoms with van der Waals surface area (Å²) < 4.78 is 26.7. The highest BCUT2D eigenvalue weighted by Gasteiger charge is 2.17. The highest BCUT2D eigenvalue weighted by Crippen LogP contribution is 2.23. The molecule has 134 valence electrons. The fourth-order valence-electron chi connectivity index (χ4n) is 2.55. The molecular weight excluding hydrogens is 322 g/mol. The monoisotopic (exact) mass is 347 g/mol. The minimum Gasteiger partial charge on any atom is -0.332 e. The fraction of sp³-hybridized carbons (Fsp3) is 0.350. The second kappa shape index (κ2) is 7.74. The molecule has 0 aliphatic rings. The third-order valence-corrected chi connectivity index (χ3v) is 4.14. The van der Waals surface area contributed by atoms with E-state index in [0.29, 0.717) is 5.56 Å². The Morgan fingerprint density at radius 3 is 2.32 bits per heavy atom. The maximum absolute atomic E-state index is 13.7. The van der Waals surface area contributed by atoms with Crippen LogP contribution in [0, 0.1) is 11.6 Å². The van der Waals surface area contributed by atoms with Crippen molar-refractivity contribution in [2.75, 3.05) is 11.9 Å². The number of anilines is 1. The van der Waals surface area contributed by atoms with E-state index in [1.165, 1.54) is 17.7 Å². The number of carbonyl (C=O) groups is 1. The second-order valence-electron chi connectivity index (χ2n) is 7.27. The number of carbonyl (C=O) groups excluding carboxylic acids is 1. The van der Waals surface area contributed by atoms with Gasteiger partial charge >= 0.3 is 0 Å². The maximum atomic E-state index is 13.7. The Morgan fingerprint density at radius 2 is 1.76 bits per heavy atom. The van der Waals surface area contributed by atoms with Crippen LogP contribution in [0.15, 0.2) is 42.5 Å². The summed E-state index contributed by atoms with van der Waals surface area (Å²) in [5.41, 5.74) is 2.36. The molecule has 1 amide bonds. The summed E-state index contributed by atoms with van der Waals surface area (Å²) in [5.74, 6) is -1.37. The molecule has 0 unspecified atom stereocenters. The lowest BCUT2D eigenvalue weighted by Gasteiger charge is -2.19. The van der Waals surface area contributed by atoms with Gasteiger partial charge in [-0.2, -0.15) is 0 Å². The highest BCUT2D eigenvalue weighted by atomic mass is 19.1. The molecule has 2 aromatic carbocycles. The second-order valence-corrected chi connectivity index (χ2v) is 7.27. The van der Waals surface area contributed by atoms with Crippen LogP contribution in [0.1, 0.15) is 44.9 Å². The topological polar surface area (TPSA) is 45.7 Å². The van der Waals surface area contributed by atoms with Crippen LogP contribution in [0.2, 0.25) is 0 Å². The van der Waals surface area contributed by atoms with Gasteiger partial charge in [0.1, 0.15) is 17.7 Å². The van der Waals surface area contributed by atoms with Crippen molar-refractivity contribution >= 4 is 11.6 Å². The Hall–Kier alpha value is -2.27. The molecule has 0 aromatic heterocycles. The largest absolute Gasteiger partial charge is 0.332 e. The first-order valence-corrected chi connectivity index (χ1v) is 8.35. The van der Waals surface area contributed by atoms with Crippen molar-refractivity contribution in [3.8, 4) is 0 Å². The number of nitrogens with two attached hydrogens (primary N) is 1. The number of halogens is 2. The molecule has 5 heteroatoms. The average molecular weight is 347 g/mol. The molecule has 2 rings (SSSR count). The zero-order valence-corrected chi connectivity index (χ0v) is 15.1. The number of hydrogen-bond acceptors (Lipinski definition) is 1. The van der Waals surface area contributed by atoms with Gasteiger partial charge in [-0.1, -0.05) is 32.9 Å². The van der Waals surface area contributed by atoms with E-state index >= 15 is 0 Å². The first-order chi connectivity index (χ1) is 11.7. The van der Waals surface area contributed by atoms with Gasteiger partial charge in [-0.3, -0.25) is 4.79 Å². The van der Waals surface area contributed by atoms with E-state index in [0.717, 1.165) is 11.8 Å². The van der Waals surface area contributed by atoms with Crippen molar-refractivity contribution in [1.82, 2.24) is 0 Å². The van der Waals surface area contributed by atoms with Gasteiger partial charge < -0.3 is 10.6 Å². The third-order valence-electron chi connectivity index (χ3n) is 4.14. The van der Waals surface area contributed by atoms with Crippen molar-refractivity contribution in [2.24, 2.45) is 0 Å². The van der Waals surface area contributed by atoms with Crippen molar-refractivity contribution in [1.29, 1.82) is 0 Å². The standard InChI is InChI=1S/C20H24F2N2O/c1-13(17-10-7-15(21)11-18(17)22)23-12-19(25)24-16-8-5-14(6-9-16)20(2,3)4/h5-11,13,23H,12H2,1-4H3,(H,24,25)/p+1/t13-/m0/s1. The number of amides is 1. The molecule has 0 radical (unpaired) electrons. The van der Waals surface area contributed by atoms with Crippen LogP contribution in [0.5, 0.6) is 0 Å². The molecular formula is C20H25F2N2O+. The van der Waals surface area contributed by atoms with E-state index in [1.807, 2.05) is 24.3 Å². The van der Waals surface area contributed by atoms with Crippen LogP contribution in [0.4, 0.5) is 14.5 Å². The highest BCUT2D eigenvalue weighted by molar-refractivity contribution is 5.91. The van der Waals surface area contributed by atoms with Gasteiger partial charge in [-0.15, -0.1) is 0 Å². The maximum Gasteiger partial charge on any atom is 0.279 e. The number of nitrogens with one attached hydrogen (secondary N) is 1. The van der Waals surface area contributed by atoms with Crippen LogP contribution in [-0.4, -0.2) is 12.5 Å². The molecule has 0 bridgehead atoms. The molecule has 0 fully saturated rings. The van der Waals surface area contributed by atoms with Gasteiger partial charge in [0.15, 0.2) is 6.54 Å². The van der Waals surface area contributed by atoms with E-state index in [-0.39, 0.29) is 23.9 Å². The SMILES string of the molecule is C[C@H]([NH2+]CC(=O)Nc1ccc(C(C)(C)C)cc1)c1ccc(F)cc1F. The summed E-state index contributed by atoms with van der Waals surface area (Å²) in [7, 11) is 0. The Morgan fingerprint density at radius 1 is 1.12 bits per heavy atom. The van der Waals surface area contributed by atoms with Crippen LogP contribution in [0.25, 0.3) is 0 Å². The first-order valence-electron chi connectivity index (χ1n) is 8.35. The van der Waals surface area contributed by atoms with E-state index in [1.54, 1.807) is 12.2 Å². The first kappa shape index (κ1) is 19.1. The number of benzene rings is 2. The number of quaternary nitrogens is 1. The van der Waals surface area contributed by atoms with Crippen molar-refractivity contribution in [2.45, 2.75) is 39.2 Å². The Kier molecular flexibility index (Phi) is 5.90. The zero-order chi connectivity index (χ0) is 18.6. The van der Waals surface area contributed by atoms with Gasteiger partial charge in [-0.25, -0.2) is 8.78 Å². The summed E-state index contributed by atoms with van der Waals surface area (Å²) in [6, 6.07) is 11.0. The Labute approximate surface area is 147 Å². The van der Waals surface area contributed by atoms with E-state index < -0.39 is 11.6 Å². The summed E-state index contributed by atoms with van der Waals surface area (Å²) in [6.45, 7) is 8.32. The van der Waals surface area contributed by atoms with E-state index in [9.17, 15) is 13.6 Å². The van der Waals surface area contributed by atoms with Gasteiger partial charge in [0, 0.05) is 17.3 Å². The van der Waals surface area contributed by atoms with Gasteiger partial charge in [0.05, 0.1) is 0 Å². The van der Waals surface area contributed by atoms with E-state index in [2.05, 4.69) is 26.1 Å². The number of hydrogen-bond donors (Lipinski definition) is 2. The molecule has 0 saturated heterocycles. The normalized spacial score (nSPS) is 12.7. The van der Waals surface area contributed by atoms with Crippen LogP contribution in [-0.2, 0) is 10.2 Å². The fourth-order valence-corrected chi connectivity index (χ4v) is 2.55. The third kappa shape index (κ3) is 5.36. The smallest absolute Gasteiger partial charge is 0.279 e. The van der Waals surface area contributed by atoms with Gasteiger partial charge in [0.2, 0.25) is 0 Å². The summed E-state index contributed by atoms with van der Waals surface area (Å²) in [4.78, 5) is 12.1. The predicted octanol–water partition coefficient (Wildman–Crippen LogP) is 3.53. The van der Waals surface area contributed by atoms with Gasteiger partial charge in [0.25, 0.3) is 5.91 Å². The lowest BCUT2D eigenvalue weighted by Crippen LogP contribution is -2.86. The Bertz CT molecular complexity index is 736. The number of rotatable bonds is 5. The van der Waals surface area contributed by atoms with Crippen molar-refractivity contribution in [3.63, 3.8) is 0 Å². The van der Waals surface area contributed by atoms with E-state index in [4.69, 9.17) is 0 Å². The van der Waals surface area contributed by atoms with Crippen molar-refractivity contribution < 1.29 is 18.9 Å². The zero-order valence-electron chi connectivity index (χ0n) is 15.1. The van der Waals surface area contributed by atoms with Crippen LogP contribution >= 0.6 is 0 Å². The molecule has 3 N–H and O–H groups in total. The average Bonchev–Trinajstić information content (AvgIpc) is 2.52. The summed E-state index contributed by atoms with van der Waals surface area (Å²) in [5, 5.41) is 4.54. The van der Waals surface area contributed by atoms with Crippen molar-refractivity contribution in [3.05, 3.63) is 65.2 Å². The van der Waals surface area contributed by atoms with Gasteiger partial charge in [-0.05, 0) is 42.2 Å². The molecule has 1 atom stereocenters. The lowest BCUT2D eigenvalue weighted by atomic mass is 9.87. The molecule has 0 aliphatic heterocycles. The molecule has 0 aliphatic carbocycles. The predicted molar refractivity (Wildman–Crippen MR) is 95.3 cm³/mol. The Balaban J connectivity index is 1.90. The molecule has 0 heterocycles. The minimum absolute atomic E-state index is 0.0605. The molecule has 0 spiro atoms. The lowest BCUT2D eigenvalue weighted by molar-refractivity contribution is -0.682. The molecule has 25 heavy (non-hydrogen) atoms. The molecule has 0 saturated carbocycles. The summed E-state index contributed by atoms with van der Waals surface area (Å²) in [6.07, 6.45) is 0. The summed E-state index contributed by atoms with van der Waals surface area (Å²) >= 11 is 0. The van der Waals surface area contributed by atoms with Crippen LogP contribution < -0.4 is 10.6 Å².